The average molecular weight is 678 g/mol. The van der Waals surface area contributed by atoms with Gasteiger partial charge in [-0.25, -0.2) is 0 Å². The molecular weight excluding hydrogens is 651 g/mol. The molecule has 2 heterocycles. The van der Waals surface area contributed by atoms with Gasteiger partial charge in [-0.3, -0.25) is 29.0 Å². The van der Waals surface area contributed by atoms with Crippen molar-refractivity contribution in [3.8, 4) is 17.2 Å². The Labute approximate surface area is 260 Å². The second-order valence-electron chi connectivity index (χ2n) is 11.2. The van der Waals surface area contributed by atoms with Gasteiger partial charge in [0.05, 0.1) is 24.4 Å². The van der Waals surface area contributed by atoms with Crippen LogP contribution in [0.5, 0.6) is 17.2 Å². The number of hydrogen-bond donors (Lipinski definition) is 2. The molecule has 2 aliphatic heterocycles. The smallest absolute Gasteiger partial charge is 0.254 e. The molecule has 0 bridgehead atoms. The number of benzene rings is 2. The van der Waals surface area contributed by atoms with E-state index in [-0.39, 0.29) is 53.9 Å². The molecule has 6 atom stereocenters. The Morgan fingerprint density at radius 2 is 1.64 bits per heavy atom. The maximum absolute atomic E-state index is 14.0. The third kappa shape index (κ3) is 3.94. The summed E-state index contributed by atoms with van der Waals surface area (Å²) in [5.41, 5.74) is 1.82. The minimum atomic E-state index is -1.96. The Morgan fingerprint density at radius 3 is 2.31 bits per heavy atom. The van der Waals surface area contributed by atoms with Gasteiger partial charge in [-0.2, -0.15) is 0 Å². The lowest BCUT2D eigenvalue weighted by molar-refractivity contribution is -0.141. The first-order valence-corrected chi connectivity index (χ1v) is 15.4. The number of phenolic OH excluding ortho intramolecular Hbond substituents is 2. The van der Waals surface area contributed by atoms with Gasteiger partial charge in [0.2, 0.25) is 11.8 Å². The number of hydrogen-bond acceptors (Lipinski definition) is 7. The predicted octanol–water partition coefficient (Wildman–Crippen LogP) is 4.06. The van der Waals surface area contributed by atoms with E-state index in [4.69, 9.17) is 27.9 Å². The Hall–Kier alpha value is -3.08. The van der Waals surface area contributed by atoms with Crippen LogP contribution in [0.1, 0.15) is 29.9 Å². The van der Waals surface area contributed by atoms with E-state index in [1.165, 1.54) is 24.1 Å². The van der Waals surface area contributed by atoms with Crippen molar-refractivity contribution >= 4 is 62.8 Å². The molecule has 2 N–H and O–H groups in total. The number of phenols is 2. The first-order valence-electron chi connectivity index (χ1n) is 13.5. The van der Waals surface area contributed by atoms with Crippen LogP contribution >= 0.6 is 39.1 Å². The van der Waals surface area contributed by atoms with Crippen LogP contribution in [0, 0.1) is 17.8 Å². The summed E-state index contributed by atoms with van der Waals surface area (Å²) < 4.78 is 5.57. The zero-order chi connectivity index (χ0) is 30.1. The first-order chi connectivity index (χ1) is 20.0. The molecule has 12 heteroatoms. The summed E-state index contributed by atoms with van der Waals surface area (Å²) in [7, 11) is 1.41. The number of methoxy groups -OCH3 is 1. The standard InChI is InChI=1S/C30H27BrCl2N2O7/c1-42-22-12-17(37)6-7-19(22)24-18-8-9-20-23(21(18)13-29(32)27(40)35(14-31)28(41)30(24,29)33)26(39)34(25(20)38)11-10-15-2-4-16(36)5-3-15/h2-8,12,20-21,23-24,36-37H,9-11,13-14H2,1H3. The number of alkyl halides is 3. The van der Waals surface area contributed by atoms with Gasteiger partial charge in [-0.15, -0.1) is 23.2 Å². The zero-order valence-corrected chi connectivity index (χ0v) is 25.5. The summed E-state index contributed by atoms with van der Waals surface area (Å²) >= 11 is 17.7. The van der Waals surface area contributed by atoms with Crippen molar-refractivity contribution < 1.29 is 34.1 Å². The molecule has 0 radical (unpaired) electrons. The van der Waals surface area contributed by atoms with Crippen molar-refractivity contribution in [3.63, 3.8) is 0 Å². The van der Waals surface area contributed by atoms with E-state index in [1.807, 2.05) is 6.08 Å². The maximum Gasteiger partial charge on any atom is 0.254 e. The summed E-state index contributed by atoms with van der Waals surface area (Å²) in [4.78, 5) is 53.5. The Bertz CT molecular complexity index is 1550. The quantitative estimate of drug-likeness (QED) is 0.205. The lowest BCUT2D eigenvalue weighted by Gasteiger charge is -2.51. The Kier molecular flexibility index (Phi) is 7.10. The highest BCUT2D eigenvalue weighted by atomic mass is 79.9. The van der Waals surface area contributed by atoms with Gasteiger partial charge in [0.1, 0.15) is 17.2 Å². The van der Waals surface area contributed by atoms with E-state index >= 15 is 0 Å². The fourth-order valence-corrected chi connectivity index (χ4v) is 8.64. The van der Waals surface area contributed by atoms with Crippen molar-refractivity contribution in [2.75, 3.05) is 19.1 Å². The van der Waals surface area contributed by atoms with Crippen molar-refractivity contribution in [3.05, 3.63) is 65.2 Å². The number of likely N-dealkylation sites (tertiary alicyclic amines) is 2. The molecule has 0 aromatic heterocycles. The van der Waals surface area contributed by atoms with Crippen LogP contribution in [0.2, 0.25) is 0 Å². The molecule has 9 nitrogen and oxygen atoms in total. The number of allylic oxidation sites excluding steroid dienone is 2. The van der Waals surface area contributed by atoms with Gasteiger partial charge in [0.15, 0.2) is 9.75 Å². The minimum absolute atomic E-state index is 0.0712. The number of carbonyl (C=O) groups excluding carboxylic acids is 4. The second kappa shape index (κ2) is 10.3. The van der Waals surface area contributed by atoms with Gasteiger partial charge in [-0.05, 0) is 48.9 Å². The van der Waals surface area contributed by atoms with E-state index < -0.39 is 45.2 Å². The highest BCUT2D eigenvalue weighted by Crippen LogP contribution is 2.66. The number of halogens is 3. The summed E-state index contributed by atoms with van der Waals surface area (Å²) in [6, 6.07) is 11.0. The number of rotatable bonds is 6. The van der Waals surface area contributed by atoms with Crippen LogP contribution in [0.25, 0.3) is 0 Å². The number of imide groups is 2. The molecule has 2 saturated heterocycles. The first kappa shape index (κ1) is 29.0. The van der Waals surface area contributed by atoms with Crippen LogP contribution < -0.4 is 4.74 Å². The average Bonchev–Trinajstić information content (AvgIpc) is 3.30. The molecule has 2 aromatic rings. The van der Waals surface area contributed by atoms with E-state index in [2.05, 4.69) is 15.9 Å². The van der Waals surface area contributed by atoms with Crippen molar-refractivity contribution in [1.82, 2.24) is 9.80 Å². The third-order valence-electron chi connectivity index (χ3n) is 9.19. The second-order valence-corrected chi connectivity index (χ2v) is 12.9. The van der Waals surface area contributed by atoms with Crippen LogP contribution in [0.4, 0.5) is 0 Å². The van der Waals surface area contributed by atoms with Gasteiger partial charge < -0.3 is 14.9 Å². The zero-order valence-electron chi connectivity index (χ0n) is 22.4. The molecule has 3 fully saturated rings. The number of nitrogens with zero attached hydrogens (tertiary/aromatic N) is 2. The molecular formula is C30H27BrCl2N2O7. The molecule has 220 valence electrons. The summed E-state index contributed by atoms with van der Waals surface area (Å²) in [5.74, 6) is -4.78. The molecule has 42 heavy (non-hydrogen) atoms. The highest BCUT2D eigenvalue weighted by molar-refractivity contribution is 9.09. The molecule has 6 unspecified atom stereocenters. The SMILES string of the molecule is COc1cc(O)ccc1C1C2=CCC3C(=O)N(CCc4ccc(O)cc4)C(=O)C3C2CC2(Cl)C(=O)N(CBr)C(=O)C12Cl. The molecule has 4 aliphatic rings. The summed E-state index contributed by atoms with van der Waals surface area (Å²) in [5, 5.41) is 19.7. The Balaban J connectivity index is 1.43. The molecule has 2 aliphatic carbocycles. The predicted molar refractivity (Wildman–Crippen MR) is 157 cm³/mol. The third-order valence-corrected chi connectivity index (χ3v) is 11.1. The van der Waals surface area contributed by atoms with Crippen molar-refractivity contribution in [1.29, 1.82) is 0 Å². The van der Waals surface area contributed by atoms with Gasteiger partial charge in [-0.1, -0.05) is 45.8 Å². The number of aromatic hydroxyl groups is 2. The van der Waals surface area contributed by atoms with E-state index in [0.717, 1.165) is 10.5 Å². The van der Waals surface area contributed by atoms with Gasteiger partial charge >= 0.3 is 0 Å². The number of ether oxygens (including phenoxy) is 1. The summed E-state index contributed by atoms with van der Waals surface area (Å²) in [6.45, 7) is 0.160. The largest absolute Gasteiger partial charge is 0.508 e. The fraction of sp³-hybridized carbons (Fsp3) is 0.400. The topological polar surface area (TPSA) is 124 Å². The van der Waals surface area contributed by atoms with Crippen LogP contribution in [-0.4, -0.2) is 72.5 Å². The van der Waals surface area contributed by atoms with Crippen LogP contribution in [0.15, 0.2) is 54.1 Å². The lowest BCUT2D eigenvalue weighted by atomic mass is 9.56. The van der Waals surface area contributed by atoms with E-state index in [9.17, 15) is 29.4 Å². The summed E-state index contributed by atoms with van der Waals surface area (Å²) in [6.07, 6.45) is 2.40. The normalized spacial score (nSPS) is 32.0. The number of amides is 4. The lowest BCUT2D eigenvalue weighted by Crippen LogP contribution is -2.60. The van der Waals surface area contributed by atoms with Crippen LogP contribution in [0.3, 0.4) is 0 Å². The number of carbonyl (C=O) groups is 4. The molecule has 1 saturated carbocycles. The van der Waals surface area contributed by atoms with Gasteiger partial charge in [0, 0.05) is 24.1 Å². The highest BCUT2D eigenvalue weighted by Gasteiger charge is 2.76. The van der Waals surface area contributed by atoms with Gasteiger partial charge in [0.25, 0.3) is 11.8 Å². The van der Waals surface area contributed by atoms with Crippen molar-refractivity contribution in [2.45, 2.75) is 34.9 Å². The fourth-order valence-electron chi connectivity index (χ4n) is 7.23. The maximum atomic E-state index is 14.0. The molecule has 0 spiro atoms. The molecule has 2 aromatic carbocycles. The monoisotopic (exact) mass is 676 g/mol. The molecule has 4 amide bonds. The van der Waals surface area contributed by atoms with E-state index in [0.29, 0.717) is 17.6 Å². The van der Waals surface area contributed by atoms with Crippen molar-refractivity contribution in [2.24, 2.45) is 17.8 Å². The minimum Gasteiger partial charge on any atom is -0.508 e. The molecule has 6 rings (SSSR count). The van der Waals surface area contributed by atoms with E-state index in [1.54, 1.807) is 30.3 Å². The van der Waals surface area contributed by atoms with Crippen LogP contribution in [-0.2, 0) is 25.6 Å². The number of fused-ring (bicyclic) bond motifs is 4. The Morgan fingerprint density at radius 1 is 0.952 bits per heavy atom.